The van der Waals surface area contributed by atoms with Crippen molar-refractivity contribution in [3.05, 3.63) is 18.2 Å². The molecule has 1 heterocycles. The van der Waals surface area contributed by atoms with Crippen LogP contribution in [0.25, 0.3) is 0 Å². The number of hydrogen-bond acceptors (Lipinski definition) is 4. The molecule has 1 amide bonds. The number of hydrogen-bond donors (Lipinski definition) is 2. The van der Waals surface area contributed by atoms with Gasteiger partial charge in [0.2, 0.25) is 12.7 Å². The van der Waals surface area contributed by atoms with E-state index >= 15 is 0 Å². The first-order chi connectivity index (χ1) is 8.29. The van der Waals surface area contributed by atoms with E-state index < -0.39 is 0 Å². The Balaban J connectivity index is 1.88. The van der Waals surface area contributed by atoms with Gasteiger partial charge in [0.15, 0.2) is 11.5 Å². The molecule has 0 bridgehead atoms. The summed E-state index contributed by atoms with van der Waals surface area (Å²) in [7, 11) is 0. The van der Waals surface area contributed by atoms with Crippen LogP contribution in [0.5, 0.6) is 11.5 Å². The SMILES string of the molecule is CCNCCC(=O)Nc1ccc2c(c1)OCO2. The number of rotatable bonds is 5. The molecular weight excluding hydrogens is 220 g/mol. The fourth-order valence-corrected chi connectivity index (χ4v) is 1.58. The highest BCUT2D eigenvalue weighted by Crippen LogP contribution is 2.34. The predicted molar refractivity (Wildman–Crippen MR) is 64.4 cm³/mol. The molecule has 92 valence electrons. The maximum Gasteiger partial charge on any atom is 0.231 e. The van der Waals surface area contributed by atoms with E-state index in [0.717, 1.165) is 18.0 Å². The van der Waals surface area contributed by atoms with Crippen LogP contribution >= 0.6 is 0 Å². The summed E-state index contributed by atoms with van der Waals surface area (Å²) in [5, 5.41) is 5.92. The third-order valence-electron chi connectivity index (χ3n) is 2.44. The summed E-state index contributed by atoms with van der Waals surface area (Å²) in [6.07, 6.45) is 0.461. The third-order valence-corrected chi connectivity index (χ3v) is 2.44. The highest BCUT2D eigenvalue weighted by molar-refractivity contribution is 5.91. The van der Waals surface area contributed by atoms with Crippen LogP contribution in [0.15, 0.2) is 18.2 Å². The average Bonchev–Trinajstić information content (AvgIpc) is 2.76. The molecule has 0 atom stereocenters. The highest BCUT2D eigenvalue weighted by Gasteiger charge is 2.13. The lowest BCUT2D eigenvalue weighted by molar-refractivity contribution is -0.116. The fraction of sp³-hybridized carbons (Fsp3) is 0.417. The second kappa shape index (κ2) is 5.54. The van der Waals surface area contributed by atoms with Crippen LogP contribution in [0.4, 0.5) is 5.69 Å². The van der Waals surface area contributed by atoms with Crippen LogP contribution in [0.3, 0.4) is 0 Å². The number of fused-ring (bicyclic) bond motifs is 1. The minimum absolute atomic E-state index is 0.00943. The second-order valence-electron chi connectivity index (χ2n) is 3.72. The van der Waals surface area contributed by atoms with E-state index in [1.54, 1.807) is 18.2 Å². The molecule has 5 heteroatoms. The normalized spacial score (nSPS) is 12.5. The van der Waals surface area contributed by atoms with Crippen molar-refractivity contribution in [2.45, 2.75) is 13.3 Å². The van der Waals surface area contributed by atoms with E-state index in [1.807, 2.05) is 6.92 Å². The Morgan fingerprint density at radius 1 is 1.35 bits per heavy atom. The summed E-state index contributed by atoms with van der Waals surface area (Å²) in [5.41, 5.74) is 0.732. The summed E-state index contributed by atoms with van der Waals surface area (Å²) in [6.45, 7) is 3.81. The Morgan fingerprint density at radius 3 is 3.00 bits per heavy atom. The van der Waals surface area contributed by atoms with E-state index in [0.29, 0.717) is 18.7 Å². The first-order valence-corrected chi connectivity index (χ1v) is 5.70. The fourth-order valence-electron chi connectivity index (χ4n) is 1.58. The Bertz CT molecular complexity index is 407. The molecular formula is C12H16N2O3. The monoisotopic (exact) mass is 236 g/mol. The minimum Gasteiger partial charge on any atom is -0.454 e. The van der Waals surface area contributed by atoms with Crippen molar-refractivity contribution in [2.75, 3.05) is 25.2 Å². The summed E-state index contributed by atoms with van der Waals surface area (Å²) in [5.74, 6) is 1.38. The van der Waals surface area contributed by atoms with Gasteiger partial charge in [-0.05, 0) is 18.7 Å². The Hall–Kier alpha value is -1.75. The minimum atomic E-state index is -0.00943. The molecule has 1 aromatic carbocycles. The molecule has 0 saturated heterocycles. The predicted octanol–water partition coefficient (Wildman–Crippen LogP) is 1.35. The van der Waals surface area contributed by atoms with Gasteiger partial charge in [0, 0.05) is 24.7 Å². The molecule has 0 fully saturated rings. The molecule has 0 aliphatic carbocycles. The first kappa shape index (κ1) is 11.7. The number of nitrogens with one attached hydrogen (secondary N) is 2. The molecule has 0 unspecified atom stereocenters. The molecule has 1 aliphatic heterocycles. The van der Waals surface area contributed by atoms with Gasteiger partial charge in [0.25, 0.3) is 0 Å². The average molecular weight is 236 g/mol. The molecule has 0 radical (unpaired) electrons. The molecule has 2 N–H and O–H groups in total. The number of benzene rings is 1. The summed E-state index contributed by atoms with van der Waals surface area (Å²) >= 11 is 0. The number of anilines is 1. The Labute approximate surface area is 100 Å². The van der Waals surface area contributed by atoms with Crippen molar-refractivity contribution in [3.63, 3.8) is 0 Å². The van der Waals surface area contributed by atoms with Crippen molar-refractivity contribution in [2.24, 2.45) is 0 Å². The van der Waals surface area contributed by atoms with Gasteiger partial charge >= 0.3 is 0 Å². The molecule has 2 rings (SSSR count). The lowest BCUT2D eigenvalue weighted by Gasteiger charge is -2.06. The number of ether oxygens (including phenoxy) is 2. The lowest BCUT2D eigenvalue weighted by atomic mass is 10.2. The molecule has 1 aliphatic rings. The van der Waals surface area contributed by atoms with E-state index in [-0.39, 0.29) is 12.7 Å². The summed E-state index contributed by atoms with van der Waals surface area (Å²) in [4.78, 5) is 11.6. The lowest BCUT2D eigenvalue weighted by Crippen LogP contribution is -2.21. The van der Waals surface area contributed by atoms with Gasteiger partial charge in [0.1, 0.15) is 0 Å². The third kappa shape index (κ3) is 3.10. The van der Waals surface area contributed by atoms with Crippen LogP contribution in [-0.4, -0.2) is 25.8 Å². The van der Waals surface area contributed by atoms with E-state index in [4.69, 9.17) is 9.47 Å². The van der Waals surface area contributed by atoms with E-state index in [1.165, 1.54) is 0 Å². The molecule has 1 aromatic rings. The van der Waals surface area contributed by atoms with Gasteiger partial charge in [-0.1, -0.05) is 6.92 Å². The number of carbonyl (C=O) groups excluding carboxylic acids is 1. The molecule has 5 nitrogen and oxygen atoms in total. The zero-order chi connectivity index (χ0) is 12.1. The summed E-state index contributed by atoms with van der Waals surface area (Å²) in [6, 6.07) is 5.37. The Kier molecular flexibility index (Phi) is 3.82. The molecule has 0 saturated carbocycles. The zero-order valence-corrected chi connectivity index (χ0v) is 9.79. The van der Waals surface area contributed by atoms with Crippen LogP contribution in [-0.2, 0) is 4.79 Å². The van der Waals surface area contributed by atoms with Gasteiger partial charge in [-0.25, -0.2) is 0 Å². The van der Waals surface area contributed by atoms with Gasteiger partial charge in [-0.15, -0.1) is 0 Å². The van der Waals surface area contributed by atoms with Gasteiger partial charge in [-0.2, -0.15) is 0 Å². The van der Waals surface area contributed by atoms with Crippen LogP contribution in [0.2, 0.25) is 0 Å². The number of amides is 1. The maximum atomic E-state index is 11.6. The molecule has 0 spiro atoms. The number of carbonyl (C=O) groups is 1. The zero-order valence-electron chi connectivity index (χ0n) is 9.79. The van der Waals surface area contributed by atoms with Crippen molar-refractivity contribution >= 4 is 11.6 Å². The van der Waals surface area contributed by atoms with Gasteiger partial charge in [-0.3, -0.25) is 4.79 Å². The smallest absolute Gasteiger partial charge is 0.231 e. The molecule has 0 aromatic heterocycles. The topological polar surface area (TPSA) is 59.6 Å². The van der Waals surface area contributed by atoms with Gasteiger partial charge < -0.3 is 20.1 Å². The van der Waals surface area contributed by atoms with Crippen LogP contribution < -0.4 is 20.1 Å². The summed E-state index contributed by atoms with van der Waals surface area (Å²) < 4.78 is 10.4. The largest absolute Gasteiger partial charge is 0.454 e. The van der Waals surface area contributed by atoms with Gasteiger partial charge in [0.05, 0.1) is 0 Å². The highest BCUT2D eigenvalue weighted by atomic mass is 16.7. The van der Waals surface area contributed by atoms with Crippen molar-refractivity contribution < 1.29 is 14.3 Å². The van der Waals surface area contributed by atoms with Crippen LogP contribution in [0.1, 0.15) is 13.3 Å². The van der Waals surface area contributed by atoms with E-state index in [9.17, 15) is 4.79 Å². The first-order valence-electron chi connectivity index (χ1n) is 5.70. The maximum absolute atomic E-state index is 11.6. The van der Waals surface area contributed by atoms with Crippen LogP contribution in [0, 0.1) is 0 Å². The second-order valence-corrected chi connectivity index (χ2v) is 3.72. The quantitative estimate of drug-likeness (QED) is 0.758. The standard InChI is InChI=1S/C12H16N2O3/c1-2-13-6-5-12(15)14-9-3-4-10-11(7-9)17-8-16-10/h3-4,7,13H,2,5-6,8H2,1H3,(H,14,15). The molecule has 17 heavy (non-hydrogen) atoms. The van der Waals surface area contributed by atoms with Crippen molar-refractivity contribution in [1.82, 2.24) is 5.32 Å². The Morgan fingerprint density at radius 2 is 2.18 bits per heavy atom. The van der Waals surface area contributed by atoms with Crippen molar-refractivity contribution in [1.29, 1.82) is 0 Å². The van der Waals surface area contributed by atoms with Crippen molar-refractivity contribution in [3.8, 4) is 11.5 Å². The van der Waals surface area contributed by atoms with E-state index in [2.05, 4.69) is 10.6 Å².